The number of nitrogens with zero attached hydrogens (tertiary/aromatic N) is 4. The van der Waals surface area contributed by atoms with Crippen LogP contribution in [0.4, 0.5) is 5.00 Å². The van der Waals surface area contributed by atoms with Crippen LogP contribution in [0.1, 0.15) is 24.9 Å². The summed E-state index contributed by atoms with van der Waals surface area (Å²) in [6.07, 6.45) is 4.86. The molecule has 2 aromatic heterocycles. The Bertz CT molecular complexity index is 448. The number of rotatable bonds is 5. The molecule has 0 spiro atoms. The van der Waals surface area contributed by atoms with E-state index in [1.54, 1.807) is 6.20 Å². The number of anilines is 1. The average molecular weight is 237 g/mol. The lowest BCUT2D eigenvalue weighted by molar-refractivity contribution is 0.738. The van der Waals surface area contributed by atoms with Gasteiger partial charge in [0.25, 0.3) is 0 Å². The van der Waals surface area contributed by atoms with E-state index in [1.165, 1.54) is 11.5 Å². The minimum Gasteiger partial charge on any atom is -0.374 e. The second-order valence-electron chi connectivity index (χ2n) is 3.58. The van der Waals surface area contributed by atoms with Gasteiger partial charge in [-0.2, -0.15) is 0 Å². The van der Waals surface area contributed by atoms with Crippen molar-refractivity contribution in [1.29, 1.82) is 0 Å². The molecule has 0 amide bonds. The first-order valence-electron chi connectivity index (χ1n) is 5.34. The van der Waals surface area contributed by atoms with Gasteiger partial charge in [0.05, 0.1) is 6.54 Å². The van der Waals surface area contributed by atoms with Gasteiger partial charge in [-0.25, -0.2) is 4.98 Å². The molecule has 0 saturated carbocycles. The van der Waals surface area contributed by atoms with Crippen LogP contribution >= 0.6 is 11.5 Å². The van der Waals surface area contributed by atoms with E-state index in [9.17, 15) is 0 Å². The normalized spacial score (nSPS) is 10.6. The predicted molar refractivity (Wildman–Crippen MR) is 64.8 cm³/mol. The molecule has 1 N–H and O–H groups in total. The average Bonchev–Trinajstić information content (AvgIpc) is 2.87. The minimum atomic E-state index is 0.731. The van der Waals surface area contributed by atoms with Crippen LogP contribution in [-0.4, -0.2) is 25.7 Å². The summed E-state index contributed by atoms with van der Waals surface area (Å²) < 4.78 is 6.04. The van der Waals surface area contributed by atoms with Gasteiger partial charge in [0.2, 0.25) is 0 Å². The van der Waals surface area contributed by atoms with Crippen molar-refractivity contribution in [2.45, 2.75) is 26.8 Å². The van der Waals surface area contributed by atoms with Gasteiger partial charge in [-0.15, -0.1) is 5.10 Å². The molecule has 0 radical (unpaired) electrons. The molecule has 0 aliphatic rings. The highest BCUT2D eigenvalue weighted by Gasteiger charge is 2.08. The Morgan fingerprint density at radius 3 is 3.06 bits per heavy atom. The molecule has 0 bridgehead atoms. The van der Waals surface area contributed by atoms with Gasteiger partial charge in [-0.05, 0) is 13.3 Å². The molecular formula is C10H15N5S. The summed E-state index contributed by atoms with van der Waals surface area (Å²) in [6, 6.07) is 0. The first-order valence-corrected chi connectivity index (χ1v) is 6.11. The van der Waals surface area contributed by atoms with Gasteiger partial charge in [-0.1, -0.05) is 11.4 Å². The van der Waals surface area contributed by atoms with E-state index in [0.717, 1.165) is 36.0 Å². The highest BCUT2D eigenvalue weighted by Crippen LogP contribution is 2.18. The Morgan fingerprint density at radius 1 is 1.50 bits per heavy atom. The Kier molecular flexibility index (Phi) is 3.51. The van der Waals surface area contributed by atoms with Crippen molar-refractivity contribution in [3.05, 3.63) is 23.9 Å². The summed E-state index contributed by atoms with van der Waals surface area (Å²) in [4.78, 5) is 4.19. The van der Waals surface area contributed by atoms with E-state index in [-0.39, 0.29) is 0 Å². The first kappa shape index (κ1) is 11.1. The summed E-state index contributed by atoms with van der Waals surface area (Å²) in [7, 11) is 0. The largest absolute Gasteiger partial charge is 0.374 e. The maximum atomic E-state index is 4.19. The molecule has 2 rings (SSSR count). The molecule has 0 fully saturated rings. The number of hydrogen-bond acceptors (Lipinski definition) is 5. The smallest absolute Gasteiger partial charge is 0.135 e. The van der Waals surface area contributed by atoms with Crippen molar-refractivity contribution in [2.75, 3.05) is 11.9 Å². The standard InChI is InChI=1S/C10H15N5S/c1-3-4-12-10-9(13-14-16-10)7-15-6-5-11-8(15)2/h5-6,12H,3-4,7H2,1-2H3. The molecule has 0 aliphatic heterocycles. The molecule has 16 heavy (non-hydrogen) atoms. The SMILES string of the molecule is CCCNc1snnc1Cn1ccnc1C. The van der Waals surface area contributed by atoms with Crippen LogP contribution in [0.25, 0.3) is 0 Å². The van der Waals surface area contributed by atoms with E-state index < -0.39 is 0 Å². The Morgan fingerprint density at radius 2 is 2.38 bits per heavy atom. The van der Waals surface area contributed by atoms with E-state index in [2.05, 4.69) is 31.4 Å². The van der Waals surface area contributed by atoms with E-state index >= 15 is 0 Å². The lowest BCUT2D eigenvalue weighted by atomic mass is 10.4. The maximum absolute atomic E-state index is 4.19. The monoisotopic (exact) mass is 237 g/mol. The van der Waals surface area contributed by atoms with E-state index in [0.29, 0.717) is 0 Å². The topological polar surface area (TPSA) is 55.6 Å². The molecule has 2 heterocycles. The van der Waals surface area contributed by atoms with Crippen LogP contribution < -0.4 is 5.32 Å². The predicted octanol–water partition coefficient (Wildman–Crippen LogP) is 1.91. The summed E-state index contributed by atoms with van der Waals surface area (Å²) in [5.41, 5.74) is 0.986. The van der Waals surface area contributed by atoms with Gasteiger partial charge >= 0.3 is 0 Å². The Labute approximate surface area is 98.7 Å². The fraction of sp³-hybridized carbons (Fsp3) is 0.500. The van der Waals surface area contributed by atoms with Crippen molar-refractivity contribution in [1.82, 2.24) is 19.1 Å². The summed E-state index contributed by atoms with van der Waals surface area (Å²) in [5.74, 6) is 0.995. The third-order valence-corrected chi connectivity index (χ3v) is 3.06. The first-order chi connectivity index (χ1) is 7.81. The summed E-state index contributed by atoms with van der Waals surface area (Å²) in [5, 5.41) is 8.54. The number of imidazole rings is 1. The zero-order valence-corrected chi connectivity index (χ0v) is 10.3. The van der Waals surface area contributed by atoms with Gasteiger partial charge in [0.1, 0.15) is 16.5 Å². The summed E-state index contributed by atoms with van der Waals surface area (Å²) >= 11 is 1.41. The molecular weight excluding hydrogens is 222 g/mol. The molecule has 0 aromatic carbocycles. The van der Waals surface area contributed by atoms with Gasteiger partial charge in [0.15, 0.2) is 0 Å². The number of nitrogens with one attached hydrogen (secondary N) is 1. The highest BCUT2D eigenvalue weighted by atomic mass is 32.1. The van der Waals surface area contributed by atoms with E-state index in [4.69, 9.17) is 0 Å². The molecule has 0 aliphatic carbocycles. The molecule has 0 saturated heterocycles. The molecule has 86 valence electrons. The third kappa shape index (κ3) is 2.38. The van der Waals surface area contributed by atoms with Crippen molar-refractivity contribution in [3.63, 3.8) is 0 Å². The fourth-order valence-corrected chi connectivity index (χ4v) is 2.02. The van der Waals surface area contributed by atoms with Crippen LogP contribution in [-0.2, 0) is 6.54 Å². The molecule has 2 aromatic rings. The Balaban J connectivity index is 2.09. The van der Waals surface area contributed by atoms with Crippen LogP contribution in [0.2, 0.25) is 0 Å². The second kappa shape index (κ2) is 5.07. The molecule has 5 nitrogen and oxygen atoms in total. The number of aryl methyl sites for hydroxylation is 1. The van der Waals surface area contributed by atoms with Crippen molar-refractivity contribution < 1.29 is 0 Å². The fourth-order valence-electron chi connectivity index (χ4n) is 1.42. The highest BCUT2D eigenvalue weighted by molar-refractivity contribution is 7.10. The van der Waals surface area contributed by atoms with Crippen molar-refractivity contribution >= 4 is 16.5 Å². The number of aromatic nitrogens is 4. The summed E-state index contributed by atoms with van der Waals surface area (Å²) in [6.45, 7) is 5.81. The second-order valence-corrected chi connectivity index (χ2v) is 4.33. The van der Waals surface area contributed by atoms with Gasteiger partial charge in [0, 0.05) is 30.5 Å². The van der Waals surface area contributed by atoms with Gasteiger partial charge in [-0.3, -0.25) is 0 Å². The molecule has 6 heteroatoms. The third-order valence-electron chi connectivity index (χ3n) is 2.34. The van der Waals surface area contributed by atoms with Crippen LogP contribution in [0.15, 0.2) is 12.4 Å². The maximum Gasteiger partial charge on any atom is 0.135 e. The minimum absolute atomic E-state index is 0.731. The van der Waals surface area contributed by atoms with Crippen LogP contribution in [0, 0.1) is 6.92 Å². The quantitative estimate of drug-likeness (QED) is 0.863. The van der Waals surface area contributed by atoms with Crippen molar-refractivity contribution in [3.8, 4) is 0 Å². The number of hydrogen-bond donors (Lipinski definition) is 1. The van der Waals surface area contributed by atoms with Gasteiger partial charge < -0.3 is 9.88 Å². The molecule has 0 unspecified atom stereocenters. The zero-order chi connectivity index (χ0) is 11.4. The van der Waals surface area contributed by atoms with Crippen molar-refractivity contribution in [2.24, 2.45) is 0 Å². The van der Waals surface area contributed by atoms with Crippen LogP contribution in [0.5, 0.6) is 0 Å². The van der Waals surface area contributed by atoms with Crippen LogP contribution in [0.3, 0.4) is 0 Å². The molecule has 0 atom stereocenters. The lowest BCUT2D eigenvalue weighted by Gasteiger charge is -2.05. The van der Waals surface area contributed by atoms with E-state index in [1.807, 2.05) is 13.1 Å². The lowest BCUT2D eigenvalue weighted by Crippen LogP contribution is -2.06. The zero-order valence-electron chi connectivity index (χ0n) is 9.47. The Hall–Kier alpha value is -1.43.